The lowest BCUT2D eigenvalue weighted by Gasteiger charge is -2.02. The van der Waals surface area contributed by atoms with E-state index >= 15 is 0 Å². The number of nitrogens with two attached hydrogens (primary N) is 1. The molecule has 0 saturated heterocycles. The molecule has 4 heteroatoms. The molecule has 0 fully saturated rings. The summed E-state index contributed by atoms with van der Waals surface area (Å²) in [5.41, 5.74) is 5.19. The van der Waals surface area contributed by atoms with Crippen LogP contribution in [0.25, 0.3) is 0 Å². The van der Waals surface area contributed by atoms with Gasteiger partial charge in [-0.05, 0) is 18.4 Å². The SMILES string of the molecule is CSCC[C@H](N)[13C](=O)O. The molecule has 0 aliphatic rings. The van der Waals surface area contributed by atoms with Gasteiger partial charge < -0.3 is 10.8 Å². The van der Waals surface area contributed by atoms with E-state index in [0.717, 1.165) is 5.75 Å². The molecule has 0 aromatic heterocycles. The second-order valence-corrected chi connectivity index (χ2v) is 2.71. The summed E-state index contributed by atoms with van der Waals surface area (Å²) in [5, 5.41) is 8.27. The Labute approximate surface area is 58.6 Å². The summed E-state index contributed by atoms with van der Waals surface area (Å²) in [6, 6.07) is -0.683. The maximum atomic E-state index is 10.1. The zero-order valence-corrected chi connectivity index (χ0v) is 6.15. The van der Waals surface area contributed by atoms with Gasteiger partial charge in [-0.3, -0.25) is 4.79 Å². The van der Waals surface area contributed by atoms with Crippen LogP contribution in [0.5, 0.6) is 0 Å². The quantitative estimate of drug-likeness (QED) is 0.560. The molecule has 0 aromatic rings. The minimum atomic E-state index is -0.913. The van der Waals surface area contributed by atoms with E-state index in [1.807, 2.05) is 6.26 Å². The van der Waals surface area contributed by atoms with Crippen molar-refractivity contribution in [3.63, 3.8) is 0 Å². The van der Waals surface area contributed by atoms with Crippen molar-refractivity contribution in [2.24, 2.45) is 5.73 Å². The fraction of sp³-hybridized carbons (Fsp3) is 0.800. The van der Waals surface area contributed by atoms with Crippen LogP contribution in [0.1, 0.15) is 6.42 Å². The first kappa shape index (κ1) is 8.78. The standard InChI is InChI=1S/C5H11NO2S/c1-9-3-2-4(6)5(7)8/h4H,2-3,6H2,1H3,(H,7,8)/t4-/m0/s1/i5+1. The highest BCUT2D eigenvalue weighted by molar-refractivity contribution is 7.98. The second-order valence-electron chi connectivity index (χ2n) is 1.73. The largest absolute Gasteiger partial charge is 0.480 e. The van der Waals surface area contributed by atoms with Crippen LogP contribution >= 0.6 is 11.8 Å². The molecule has 3 N–H and O–H groups in total. The molecule has 0 unspecified atom stereocenters. The van der Waals surface area contributed by atoms with Crippen molar-refractivity contribution in [2.45, 2.75) is 12.5 Å². The molecule has 0 heterocycles. The van der Waals surface area contributed by atoms with Gasteiger partial charge in [0, 0.05) is 0 Å². The Morgan fingerprint density at radius 1 is 1.89 bits per heavy atom. The van der Waals surface area contributed by atoms with Gasteiger partial charge in [-0.25, -0.2) is 0 Å². The third kappa shape index (κ3) is 4.29. The minimum Gasteiger partial charge on any atom is -0.480 e. The van der Waals surface area contributed by atoms with Crippen LogP contribution < -0.4 is 5.73 Å². The van der Waals surface area contributed by atoms with E-state index in [2.05, 4.69) is 0 Å². The first-order valence-electron chi connectivity index (χ1n) is 2.65. The van der Waals surface area contributed by atoms with Gasteiger partial charge in [0.2, 0.25) is 0 Å². The average molecular weight is 150 g/mol. The molecule has 0 amide bonds. The first-order chi connectivity index (χ1) is 4.18. The predicted octanol–water partition coefficient (Wildman–Crippen LogP) is 0.151. The van der Waals surface area contributed by atoms with Crippen LogP contribution in [-0.2, 0) is 4.79 Å². The van der Waals surface area contributed by atoms with Gasteiger partial charge in [-0.15, -0.1) is 0 Å². The molecule has 0 saturated carbocycles. The highest BCUT2D eigenvalue weighted by Crippen LogP contribution is 1.97. The van der Waals surface area contributed by atoms with Crippen LogP contribution in [0.4, 0.5) is 0 Å². The second kappa shape index (κ2) is 4.64. The smallest absolute Gasteiger partial charge is 0.320 e. The lowest BCUT2D eigenvalue weighted by molar-refractivity contribution is -0.138. The molecule has 0 rings (SSSR count). The van der Waals surface area contributed by atoms with Crippen molar-refractivity contribution < 1.29 is 9.90 Å². The maximum absolute atomic E-state index is 10.1. The number of hydrogen-bond acceptors (Lipinski definition) is 3. The molecule has 3 nitrogen and oxygen atoms in total. The van der Waals surface area contributed by atoms with Gasteiger partial charge in [0.25, 0.3) is 0 Å². The number of rotatable bonds is 4. The monoisotopic (exact) mass is 150 g/mol. The van der Waals surface area contributed by atoms with E-state index in [4.69, 9.17) is 10.8 Å². The summed E-state index contributed by atoms with van der Waals surface area (Å²) >= 11 is 1.60. The summed E-state index contributed by atoms with van der Waals surface area (Å²) in [5.74, 6) is -0.1000. The molecule has 9 heavy (non-hydrogen) atoms. The molecule has 0 aliphatic carbocycles. The van der Waals surface area contributed by atoms with Gasteiger partial charge in [0.15, 0.2) is 0 Å². The molecule has 0 spiro atoms. The molecule has 1 atom stereocenters. The zero-order chi connectivity index (χ0) is 7.28. The van der Waals surface area contributed by atoms with Crippen LogP contribution in [-0.4, -0.2) is 29.1 Å². The van der Waals surface area contributed by atoms with E-state index in [0.29, 0.717) is 6.42 Å². The summed E-state index contributed by atoms with van der Waals surface area (Å²) in [7, 11) is 0. The number of thioether (sulfide) groups is 1. The van der Waals surface area contributed by atoms with E-state index in [1.54, 1.807) is 11.8 Å². The van der Waals surface area contributed by atoms with Crippen LogP contribution in [0.3, 0.4) is 0 Å². The van der Waals surface area contributed by atoms with Gasteiger partial charge in [0.05, 0.1) is 0 Å². The molecule has 54 valence electrons. The zero-order valence-electron chi connectivity index (χ0n) is 5.33. The predicted molar refractivity (Wildman–Crippen MR) is 38.6 cm³/mol. The third-order valence-electron chi connectivity index (χ3n) is 0.950. The molecule has 0 aliphatic heterocycles. The van der Waals surface area contributed by atoms with E-state index in [9.17, 15) is 4.79 Å². The molecule has 0 bridgehead atoms. The van der Waals surface area contributed by atoms with Crippen molar-refractivity contribution >= 4 is 17.7 Å². The Hall–Kier alpha value is -0.220. The van der Waals surface area contributed by atoms with Crippen LogP contribution in [0.2, 0.25) is 0 Å². The average Bonchev–Trinajstić information content (AvgIpc) is 1.82. The summed E-state index contributed by atoms with van der Waals surface area (Å²) in [6.45, 7) is 0. The Morgan fingerprint density at radius 3 is 2.78 bits per heavy atom. The van der Waals surface area contributed by atoms with Crippen molar-refractivity contribution in [2.75, 3.05) is 12.0 Å². The lowest BCUT2D eigenvalue weighted by Crippen LogP contribution is -2.30. The highest BCUT2D eigenvalue weighted by Gasteiger charge is 2.08. The van der Waals surface area contributed by atoms with Crippen molar-refractivity contribution in [1.29, 1.82) is 0 Å². The Morgan fingerprint density at radius 2 is 2.44 bits per heavy atom. The van der Waals surface area contributed by atoms with Crippen molar-refractivity contribution in [1.82, 2.24) is 0 Å². The summed E-state index contributed by atoms with van der Waals surface area (Å²) in [4.78, 5) is 10.1. The van der Waals surface area contributed by atoms with Gasteiger partial charge in [0.1, 0.15) is 6.04 Å². The molecular formula is C5H11NO2S. The third-order valence-corrected chi connectivity index (χ3v) is 1.59. The van der Waals surface area contributed by atoms with Gasteiger partial charge >= 0.3 is 5.97 Å². The summed E-state index contributed by atoms with van der Waals surface area (Å²) in [6.07, 6.45) is 2.48. The number of carboxylic acid groups (broad SMARTS) is 1. The molecule has 0 radical (unpaired) electrons. The van der Waals surface area contributed by atoms with Crippen LogP contribution in [0.15, 0.2) is 0 Å². The molecule has 0 aromatic carbocycles. The van der Waals surface area contributed by atoms with E-state index in [-0.39, 0.29) is 0 Å². The Kier molecular flexibility index (Phi) is 4.53. The number of carbonyl (C=O) groups is 1. The summed E-state index contributed by atoms with van der Waals surface area (Å²) < 4.78 is 0. The van der Waals surface area contributed by atoms with E-state index in [1.165, 1.54) is 0 Å². The van der Waals surface area contributed by atoms with Crippen LogP contribution in [0, 0.1) is 0 Å². The normalized spacial score (nSPS) is 13.1. The molecular weight excluding hydrogens is 139 g/mol. The Balaban J connectivity index is 3.27. The van der Waals surface area contributed by atoms with Gasteiger partial charge in [-0.1, -0.05) is 0 Å². The number of hydrogen-bond donors (Lipinski definition) is 2. The van der Waals surface area contributed by atoms with Crippen molar-refractivity contribution in [3.05, 3.63) is 0 Å². The Bertz CT molecular complexity index is 97.0. The van der Waals surface area contributed by atoms with E-state index < -0.39 is 12.0 Å². The van der Waals surface area contributed by atoms with Gasteiger partial charge in [-0.2, -0.15) is 11.8 Å². The maximum Gasteiger partial charge on any atom is 0.320 e. The first-order valence-corrected chi connectivity index (χ1v) is 4.05. The highest BCUT2D eigenvalue weighted by atomic mass is 32.2. The fourth-order valence-corrected chi connectivity index (χ4v) is 0.858. The minimum absolute atomic E-state index is 0.552. The fourth-order valence-electron chi connectivity index (χ4n) is 0.368. The number of carboxylic acids is 1. The number of aliphatic carboxylic acids is 1. The van der Waals surface area contributed by atoms with Crippen molar-refractivity contribution in [3.8, 4) is 0 Å². The lowest BCUT2D eigenvalue weighted by atomic mass is 10.4. The topological polar surface area (TPSA) is 63.3 Å².